The molecule has 1 fully saturated rings. The molecule has 2 rings (SSSR count). The average Bonchev–Trinajstić information content (AvgIpc) is 2.69. The number of aromatic amines is 1. The average molecular weight is 290 g/mol. The first-order chi connectivity index (χ1) is 8.45. The molecule has 1 aliphatic heterocycles. The van der Waals surface area contributed by atoms with Crippen molar-refractivity contribution >= 4 is 21.4 Å². The topological polar surface area (TPSA) is 70.2 Å². The van der Waals surface area contributed by atoms with Gasteiger partial charge in [-0.15, -0.1) is 0 Å². The van der Waals surface area contributed by atoms with Crippen LogP contribution in [-0.2, 0) is 10.0 Å². The minimum atomic E-state index is -3.49. The molecule has 0 aliphatic carbocycles. The van der Waals surface area contributed by atoms with Crippen molar-refractivity contribution in [2.75, 3.05) is 13.1 Å². The number of hydrogen-bond donors (Lipinski definition) is 1. The maximum absolute atomic E-state index is 12.5. The summed E-state index contributed by atoms with van der Waals surface area (Å²) in [5.74, 6) is 0.435. The quantitative estimate of drug-likeness (QED) is 0.918. The number of thiazole rings is 1. The van der Waals surface area contributed by atoms with Crippen molar-refractivity contribution in [1.82, 2.24) is 9.29 Å². The molecule has 0 saturated carbocycles. The van der Waals surface area contributed by atoms with Crippen LogP contribution in [0.2, 0.25) is 0 Å². The summed E-state index contributed by atoms with van der Waals surface area (Å²) in [6.07, 6.45) is 2.98. The summed E-state index contributed by atoms with van der Waals surface area (Å²) >= 11 is 0.783. The number of nitrogens with one attached hydrogen (secondary N) is 1. The second kappa shape index (κ2) is 5.14. The highest BCUT2D eigenvalue weighted by Gasteiger charge is 2.32. The lowest BCUT2D eigenvalue weighted by Crippen LogP contribution is -2.39. The highest BCUT2D eigenvalue weighted by atomic mass is 32.2. The molecule has 2 heterocycles. The number of hydrogen-bond acceptors (Lipinski definition) is 4. The molecule has 1 N–H and O–H groups in total. The summed E-state index contributed by atoms with van der Waals surface area (Å²) < 4.78 is 26.6. The second-order valence-electron chi connectivity index (χ2n) is 4.71. The first-order valence-electron chi connectivity index (χ1n) is 6.15. The van der Waals surface area contributed by atoms with Gasteiger partial charge in [-0.25, -0.2) is 8.42 Å². The Balaban J connectivity index is 2.31. The third-order valence-corrected chi connectivity index (χ3v) is 6.86. The van der Waals surface area contributed by atoms with Gasteiger partial charge in [-0.1, -0.05) is 24.7 Å². The van der Waals surface area contributed by atoms with Gasteiger partial charge in [0.15, 0.2) is 4.21 Å². The van der Waals surface area contributed by atoms with Crippen molar-refractivity contribution in [3.63, 3.8) is 0 Å². The van der Waals surface area contributed by atoms with Crippen LogP contribution in [0.1, 0.15) is 31.9 Å². The molecule has 0 radical (unpaired) electrons. The molecule has 1 unspecified atom stereocenters. The standard InChI is InChI=1S/C11H18N2O3S2/c1-3-9-5-4-6-13(7-9)18(15,16)10-8(2)12-11(14)17-10/h9H,3-7H2,1-2H3,(H,12,14). The molecule has 0 amide bonds. The van der Waals surface area contributed by atoms with Crippen molar-refractivity contribution in [2.45, 2.75) is 37.3 Å². The van der Waals surface area contributed by atoms with Crippen molar-refractivity contribution < 1.29 is 8.42 Å². The first-order valence-corrected chi connectivity index (χ1v) is 8.40. The van der Waals surface area contributed by atoms with Crippen LogP contribution in [0.15, 0.2) is 9.00 Å². The molecule has 0 spiro atoms. The smallest absolute Gasteiger partial charge is 0.305 e. The Morgan fingerprint density at radius 3 is 2.78 bits per heavy atom. The van der Waals surface area contributed by atoms with Gasteiger partial charge in [-0.05, 0) is 25.7 Å². The Kier molecular flexibility index (Phi) is 3.93. The highest BCUT2D eigenvalue weighted by Crippen LogP contribution is 2.27. The lowest BCUT2D eigenvalue weighted by atomic mass is 9.97. The van der Waals surface area contributed by atoms with Gasteiger partial charge in [0.1, 0.15) is 0 Å². The Morgan fingerprint density at radius 2 is 2.22 bits per heavy atom. The summed E-state index contributed by atoms with van der Waals surface area (Å²) in [6, 6.07) is 0. The van der Waals surface area contributed by atoms with Crippen LogP contribution in [-0.4, -0.2) is 30.8 Å². The largest absolute Gasteiger partial charge is 0.315 e. The fourth-order valence-corrected chi connectivity index (χ4v) is 5.32. The third-order valence-electron chi connectivity index (χ3n) is 3.41. The Hall–Kier alpha value is -0.660. The van der Waals surface area contributed by atoms with E-state index in [2.05, 4.69) is 11.9 Å². The zero-order valence-corrected chi connectivity index (χ0v) is 12.2. The molecule has 1 saturated heterocycles. The van der Waals surface area contributed by atoms with Gasteiger partial charge in [0, 0.05) is 18.8 Å². The van der Waals surface area contributed by atoms with Gasteiger partial charge in [0.05, 0.1) is 0 Å². The van der Waals surface area contributed by atoms with Crippen LogP contribution >= 0.6 is 11.3 Å². The van der Waals surface area contributed by atoms with E-state index < -0.39 is 10.0 Å². The molecular formula is C11H18N2O3S2. The van der Waals surface area contributed by atoms with Crippen molar-refractivity contribution in [3.05, 3.63) is 15.4 Å². The number of aromatic nitrogens is 1. The number of rotatable bonds is 3. The maximum Gasteiger partial charge on any atom is 0.305 e. The van der Waals surface area contributed by atoms with Crippen LogP contribution in [0.5, 0.6) is 0 Å². The summed E-state index contributed by atoms with van der Waals surface area (Å²) in [7, 11) is -3.49. The zero-order valence-electron chi connectivity index (χ0n) is 10.6. The van der Waals surface area contributed by atoms with E-state index in [1.807, 2.05) is 0 Å². The van der Waals surface area contributed by atoms with Crippen LogP contribution in [0.3, 0.4) is 0 Å². The van der Waals surface area contributed by atoms with Gasteiger partial charge in [-0.2, -0.15) is 4.31 Å². The second-order valence-corrected chi connectivity index (χ2v) is 7.82. The monoisotopic (exact) mass is 290 g/mol. The van der Waals surface area contributed by atoms with E-state index >= 15 is 0 Å². The van der Waals surface area contributed by atoms with Gasteiger partial charge in [0.2, 0.25) is 0 Å². The molecule has 18 heavy (non-hydrogen) atoms. The third kappa shape index (κ3) is 2.53. The molecule has 1 aromatic rings. The normalized spacial score (nSPS) is 22.2. The summed E-state index contributed by atoms with van der Waals surface area (Å²) in [4.78, 5) is 13.5. The van der Waals surface area contributed by atoms with Gasteiger partial charge in [0.25, 0.3) is 10.0 Å². The van der Waals surface area contributed by atoms with Crippen LogP contribution < -0.4 is 4.87 Å². The highest BCUT2D eigenvalue weighted by molar-refractivity contribution is 7.91. The number of nitrogens with zero attached hydrogens (tertiary/aromatic N) is 1. The summed E-state index contributed by atoms with van der Waals surface area (Å²) in [5.41, 5.74) is 0.448. The lowest BCUT2D eigenvalue weighted by Gasteiger charge is -2.31. The first kappa shape index (κ1) is 13.8. The Bertz CT molecular complexity index is 573. The SMILES string of the molecule is CCC1CCCN(S(=O)(=O)c2sc(=O)[nH]c2C)C1. The van der Waals surface area contributed by atoms with Crippen molar-refractivity contribution in [3.8, 4) is 0 Å². The molecule has 102 valence electrons. The summed E-state index contributed by atoms with van der Waals surface area (Å²) in [6.45, 7) is 4.85. The molecule has 5 nitrogen and oxygen atoms in total. The number of H-pyrrole nitrogens is 1. The van der Waals surface area contributed by atoms with Gasteiger partial charge in [-0.3, -0.25) is 4.79 Å². The van der Waals surface area contributed by atoms with Crippen molar-refractivity contribution in [1.29, 1.82) is 0 Å². The number of sulfonamides is 1. The molecule has 0 bridgehead atoms. The molecular weight excluding hydrogens is 272 g/mol. The minimum absolute atomic E-state index is 0.171. The Morgan fingerprint density at radius 1 is 1.50 bits per heavy atom. The Labute approximate surface area is 111 Å². The minimum Gasteiger partial charge on any atom is -0.315 e. The van der Waals surface area contributed by atoms with E-state index in [-0.39, 0.29) is 9.08 Å². The summed E-state index contributed by atoms with van der Waals surface area (Å²) in [5, 5.41) is 0. The fourth-order valence-electron chi connectivity index (χ4n) is 2.33. The predicted octanol–water partition coefficient (Wildman–Crippen LogP) is 1.56. The van der Waals surface area contributed by atoms with E-state index in [1.54, 1.807) is 6.92 Å². The zero-order chi connectivity index (χ0) is 13.3. The molecule has 7 heteroatoms. The number of piperidine rings is 1. The molecule has 0 aromatic carbocycles. The van der Waals surface area contributed by atoms with Crippen LogP contribution in [0, 0.1) is 12.8 Å². The lowest BCUT2D eigenvalue weighted by molar-refractivity contribution is 0.262. The van der Waals surface area contributed by atoms with Crippen LogP contribution in [0.4, 0.5) is 0 Å². The number of aryl methyl sites for hydroxylation is 1. The van der Waals surface area contributed by atoms with E-state index in [1.165, 1.54) is 4.31 Å². The molecule has 1 aromatic heterocycles. The van der Waals surface area contributed by atoms with Gasteiger partial charge >= 0.3 is 4.87 Å². The molecule has 1 atom stereocenters. The fraction of sp³-hybridized carbons (Fsp3) is 0.727. The van der Waals surface area contributed by atoms with E-state index in [0.717, 1.165) is 30.6 Å². The van der Waals surface area contributed by atoms with E-state index in [4.69, 9.17) is 0 Å². The van der Waals surface area contributed by atoms with Crippen molar-refractivity contribution in [2.24, 2.45) is 5.92 Å². The van der Waals surface area contributed by atoms with E-state index in [0.29, 0.717) is 24.7 Å². The van der Waals surface area contributed by atoms with E-state index in [9.17, 15) is 13.2 Å². The maximum atomic E-state index is 12.5. The molecule has 1 aliphatic rings. The predicted molar refractivity (Wildman–Crippen MR) is 71.5 cm³/mol. The van der Waals surface area contributed by atoms with Crippen LogP contribution in [0.25, 0.3) is 0 Å². The van der Waals surface area contributed by atoms with Gasteiger partial charge < -0.3 is 4.98 Å².